The molecule has 0 heterocycles. The molecule has 1 unspecified atom stereocenters. The minimum absolute atomic E-state index is 0.0649. The summed E-state index contributed by atoms with van der Waals surface area (Å²) in [6.45, 7) is 9.96. The monoisotopic (exact) mass is 624 g/mol. The van der Waals surface area contributed by atoms with Crippen molar-refractivity contribution in [1.29, 1.82) is 0 Å². The molecule has 5 saturated carbocycles. The average molecular weight is 625 g/mol. The quantitative estimate of drug-likeness (QED) is 0.261. The molecule has 248 valence electrons. The van der Waals surface area contributed by atoms with Crippen LogP contribution in [0.4, 0.5) is 0 Å². The van der Waals surface area contributed by atoms with Gasteiger partial charge in [0.25, 0.3) is 0 Å². The van der Waals surface area contributed by atoms with Crippen molar-refractivity contribution in [3.05, 3.63) is 71.8 Å². The van der Waals surface area contributed by atoms with E-state index in [1.807, 2.05) is 60.7 Å². The van der Waals surface area contributed by atoms with Crippen LogP contribution in [0.25, 0.3) is 0 Å². The summed E-state index contributed by atoms with van der Waals surface area (Å²) in [4.78, 5) is 25.9. The summed E-state index contributed by atoms with van der Waals surface area (Å²) in [5, 5.41) is 0. The summed E-state index contributed by atoms with van der Waals surface area (Å²) in [5.74, 6) is 4.74. The highest BCUT2D eigenvalue weighted by Crippen LogP contribution is 2.69. The lowest BCUT2D eigenvalue weighted by atomic mass is 9.43. The largest absolute Gasteiger partial charge is 0.458 e. The number of ether oxygens (including phenoxy) is 2. The Bertz CT molecular complexity index is 1380. The fourth-order valence-electron chi connectivity index (χ4n) is 11.6. The first-order chi connectivity index (χ1) is 22.1. The van der Waals surface area contributed by atoms with Crippen LogP contribution in [0.5, 0.6) is 0 Å². The van der Waals surface area contributed by atoms with Crippen molar-refractivity contribution in [2.45, 2.75) is 123 Å². The van der Waals surface area contributed by atoms with Crippen molar-refractivity contribution >= 4 is 11.9 Å². The van der Waals surface area contributed by atoms with E-state index in [2.05, 4.69) is 27.7 Å². The molecule has 0 spiro atoms. The molecular formula is C42H56O4. The van der Waals surface area contributed by atoms with Crippen molar-refractivity contribution in [3.63, 3.8) is 0 Å². The zero-order chi connectivity index (χ0) is 32.1. The number of esters is 2. The molecule has 5 fully saturated rings. The van der Waals surface area contributed by atoms with E-state index in [4.69, 9.17) is 9.47 Å². The number of benzene rings is 2. The third-order valence-electron chi connectivity index (χ3n) is 14.4. The van der Waals surface area contributed by atoms with E-state index in [0.717, 1.165) is 49.4 Å². The van der Waals surface area contributed by atoms with Crippen LogP contribution in [0, 0.1) is 52.3 Å². The molecule has 0 radical (unpaired) electrons. The first kappa shape index (κ1) is 32.0. The Morgan fingerprint density at radius 1 is 0.717 bits per heavy atom. The number of carbonyl (C=O) groups is 2. The van der Waals surface area contributed by atoms with Crippen LogP contribution >= 0.6 is 0 Å². The average Bonchev–Trinajstić information content (AvgIpc) is 3.84. The first-order valence-corrected chi connectivity index (χ1v) is 18.6. The lowest BCUT2D eigenvalue weighted by Gasteiger charge is -2.62. The molecule has 0 saturated heterocycles. The van der Waals surface area contributed by atoms with Gasteiger partial charge in [-0.25, -0.2) is 9.59 Å². The third-order valence-corrected chi connectivity index (χ3v) is 14.4. The molecule has 0 aliphatic heterocycles. The van der Waals surface area contributed by atoms with Crippen molar-refractivity contribution in [1.82, 2.24) is 0 Å². The van der Waals surface area contributed by atoms with Gasteiger partial charge >= 0.3 is 11.9 Å². The molecule has 2 aromatic rings. The van der Waals surface area contributed by atoms with Crippen LogP contribution in [0.1, 0.15) is 132 Å². The van der Waals surface area contributed by atoms with Gasteiger partial charge < -0.3 is 9.47 Å². The number of fused-ring (bicyclic) bond motifs is 5. The van der Waals surface area contributed by atoms with Crippen molar-refractivity contribution in [2.24, 2.45) is 52.3 Å². The lowest BCUT2D eigenvalue weighted by molar-refractivity contribution is -0.149. The smallest absolute Gasteiger partial charge is 0.338 e. The van der Waals surface area contributed by atoms with Crippen LogP contribution in [0.2, 0.25) is 0 Å². The predicted molar refractivity (Wildman–Crippen MR) is 182 cm³/mol. The summed E-state index contributed by atoms with van der Waals surface area (Å²) in [7, 11) is 0. The molecule has 10 atom stereocenters. The Morgan fingerprint density at radius 3 is 2.04 bits per heavy atom. The zero-order valence-electron chi connectivity index (χ0n) is 28.7. The molecule has 4 heteroatoms. The second-order valence-corrected chi connectivity index (χ2v) is 17.0. The van der Waals surface area contributed by atoms with E-state index in [1.165, 1.54) is 57.8 Å². The second-order valence-electron chi connectivity index (χ2n) is 17.0. The van der Waals surface area contributed by atoms with Gasteiger partial charge in [0.1, 0.15) is 11.7 Å². The zero-order valence-corrected chi connectivity index (χ0v) is 28.7. The lowest BCUT2D eigenvalue weighted by Crippen LogP contribution is -2.56. The molecule has 46 heavy (non-hydrogen) atoms. The molecule has 0 N–H and O–H groups in total. The van der Waals surface area contributed by atoms with Gasteiger partial charge in [0.05, 0.1) is 11.1 Å². The topological polar surface area (TPSA) is 52.6 Å². The summed E-state index contributed by atoms with van der Waals surface area (Å²) < 4.78 is 12.4. The highest BCUT2D eigenvalue weighted by atomic mass is 16.6. The standard InChI is InChI=1S/C42H56O4/c1-28(15-22-37(29-16-17-29)45-38(43)30-11-7-5-8-12-30)34-20-21-35-33-19-18-32-27-40(2,46-39(44)31-13-9-6-10-14-31)25-26-41(32,3)36(33)23-24-42(34,35)4/h5-14,28-29,32-37H,15-27H2,1-4H3/t28-,32+,33+,34-,35+,36+,37?,40+,41+,42-/m1/s1. The van der Waals surface area contributed by atoms with E-state index < -0.39 is 0 Å². The summed E-state index contributed by atoms with van der Waals surface area (Å²) in [6, 6.07) is 19.0. The number of hydrogen-bond donors (Lipinski definition) is 0. The van der Waals surface area contributed by atoms with Gasteiger partial charge in [0, 0.05) is 0 Å². The molecule has 7 rings (SSSR count). The normalized spacial score (nSPS) is 38.0. The van der Waals surface area contributed by atoms with Gasteiger partial charge in [-0.2, -0.15) is 0 Å². The molecule has 0 aromatic heterocycles. The fraction of sp³-hybridized carbons (Fsp3) is 0.667. The maximum Gasteiger partial charge on any atom is 0.338 e. The molecule has 0 amide bonds. The molecular weight excluding hydrogens is 568 g/mol. The Hall–Kier alpha value is -2.62. The van der Waals surface area contributed by atoms with E-state index in [0.29, 0.717) is 39.7 Å². The fourth-order valence-corrected chi connectivity index (χ4v) is 11.6. The minimum atomic E-state index is -0.366. The molecule has 2 aromatic carbocycles. The molecule has 5 aliphatic carbocycles. The van der Waals surface area contributed by atoms with E-state index in [9.17, 15) is 9.59 Å². The van der Waals surface area contributed by atoms with E-state index >= 15 is 0 Å². The summed E-state index contributed by atoms with van der Waals surface area (Å²) >= 11 is 0. The Balaban J connectivity index is 0.973. The van der Waals surface area contributed by atoms with Crippen LogP contribution in [0.15, 0.2) is 60.7 Å². The van der Waals surface area contributed by atoms with Crippen molar-refractivity contribution in [2.75, 3.05) is 0 Å². The SMILES string of the molecule is C[C@H](CCC(OC(=O)c1ccccc1)C1CC1)[C@H]1CC[C@H]2[C@@H]3CC[C@H]4C[C@@](C)(OC(=O)c5ccccc5)CC[C@]4(C)[C@H]3CC[C@]12C. The Labute approximate surface area is 277 Å². The highest BCUT2D eigenvalue weighted by molar-refractivity contribution is 5.90. The van der Waals surface area contributed by atoms with Gasteiger partial charge in [0.15, 0.2) is 0 Å². The van der Waals surface area contributed by atoms with Gasteiger partial charge in [-0.15, -0.1) is 0 Å². The first-order valence-electron chi connectivity index (χ1n) is 18.6. The summed E-state index contributed by atoms with van der Waals surface area (Å²) in [5.41, 5.74) is 1.74. The maximum absolute atomic E-state index is 13.0. The summed E-state index contributed by atoms with van der Waals surface area (Å²) in [6.07, 6.45) is 15.8. The van der Waals surface area contributed by atoms with Crippen molar-refractivity contribution < 1.29 is 19.1 Å². The van der Waals surface area contributed by atoms with Gasteiger partial charge in [-0.1, -0.05) is 57.2 Å². The van der Waals surface area contributed by atoms with Crippen LogP contribution < -0.4 is 0 Å². The van der Waals surface area contributed by atoms with Gasteiger partial charge in [-0.05, 0) is 167 Å². The predicted octanol–water partition coefficient (Wildman–Crippen LogP) is 10.3. The molecule has 5 aliphatic rings. The van der Waals surface area contributed by atoms with Crippen LogP contribution in [-0.2, 0) is 9.47 Å². The Morgan fingerprint density at radius 2 is 1.37 bits per heavy atom. The third kappa shape index (κ3) is 5.96. The number of hydrogen-bond acceptors (Lipinski definition) is 4. The van der Waals surface area contributed by atoms with Crippen LogP contribution in [0.3, 0.4) is 0 Å². The van der Waals surface area contributed by atoms with E-state index in [-0.39, 0.29) is 23.6 Å². The van der Waals surface area contributed by atoms with Crippen LogP contribution in [-0.4, -0.2) is 23.6 Å². The van der Waals surface area contributed by atoms with Gasteiger partial charge in [-0.3, -0.25) is 0 Å². The Kier molecular flexibility index (Phi) is 8.64. The van der Waals surface area contributed by atoms with E-state index in [1.54, 1.807) is 0 Å². The van der Waals surface area contributed by atoms with Crippen molar-refractivity contribution in [3.8, 4) is 0 Å². The molecule has 0 bridgehead atoms. The number of rotatable bonds is 9. The molecule has 4 nitrogen and oxygen atoms in total. The van der Waals surface area contributed by atoms with Gasteiger partial charge in [0.2, 0.25) is 0 Å². The second kappa shape index (κ2) is 12.4. The minimum Gasteiger partial charge on any atom is -0.458 e. The number of carbonyl (C=O) groups excluding carboxylic acids is 2. The highest BCUT2D eigenvalue weighted by Gasteiger charge is 2.61. The maximum atomic E-state index is 13.0.